The first-order valence-electron chi connectivity index (χ1n) is 6.00. The van der Waals surface area contributed by atoms with Gasteiger partial charge in [0.2, 0.25) is 5.91 Å². The molecule has 1 heterocycles. The number of rotatable bonds is 1. The van der Waals surface area contributed by atoms with E-state index in [1.54, 1.807) is 11.0 Å². The smallest absolute Gasteiger partial charge is 0.247 e. The van der Waals surface area contributed by atoms with Crippen molar-refractivity contribution in [3.63, 3.8) is 0 Å². The first kappa shape index (κ1) is 12.4. The van der Waals surface area contributed by atoms with Gasteiger partial charge in [-0.25, -0.2) is 0 Å². The number of nitrogens with zero attached hydrogens (tertiary/aromatic N) is 3. The summed E-state index contributed by atoms with van der Waals surface area (Å²) in [5.41, 5.74) is 0.983. The van der Waals surface area contributed by atoms with E-state index < -0.39 is 5.54 Å². The molecule has 1 aromatic carbocycles. The van der Waals surface area contributed by atoms with Crippen molar-refractivity contribution < 1.29 is 4.79 Å². The molecule has 0 saturated carbocycles. The van der Waals surface area contributed by atoms with E-state index in [1.807, 2.05) is 39.1 Å². The van der Waals surface area contributed by atoms with Crippen molar-refractivity contribution in [2.75, 3.05) is 25.0 Å². The lowest BCUT2D eigenvalue weighted by molar-refractivity contribution is -0.136. The van der Waals surface area contributed by atoms with Crippen molar-refractivity contribution in [2.24, 2.45) is 0 Å². The van der Waals surface area contributed by atoms with Gasteiger partial charge >= 0.3 is 0 Å². The van der Waals surface area contributed by atoms with Gasteiger partial charge in [0, 0.05) is 25.8 Å². The Morgan fingerprint density at radius 1 is 1.33 bits per heavy atom. The van der Waals surface area contributed by atoms with Crippen LogP contribution < -0.4 is 4.90 Å². The highest BCUT2D eigenvalue weighted by molar-refractivity contribution is 5.90. The molecule has 1 fully saturated rings. The van der Waals surface area contributed by atoms with E-state index in [2.05, 4.69) is 11.0 Å². The van der Waals surface area contributed by atoms with Gasteiger partial charge in [-0.05, 0) is 32.0 Å². The molecule has 1 aliphatic heterocycles. The Morgan fingerprint density at radius 2 is 2.06 bits per heavy atom. The molecule has 94 valence electrons. The Bertz CT molecular complexity index is 516. The molecule has 1 saturated heterocycles. The second-order valence-corrected chi connectivity index (χ2v) is 5.10. The van der Waals surface area contributed by atoms with Crippen molar-refractivity contribution in [3.05, 3.63) is 29.8 Å². The standard InChI is InChI=1S/C14H17N3O/c1-14(2)13(18)16(3)7-8-17(14)12-6-4-5-11(9-12)10-15/h4-6,9H,7-8H2,1-3H3. The van der Waals surface area contributed by atoms with Gasteiger partial charge in [-0.2, -0.15) is 5.26 Å². The fourth-order valence-corrected chi connectivity index (χ4v) is 2.41. The molecule has 0 N–H and O–H groups in total. The quantitative estimate of drug-likeness (QED) is 0.753. The van der Waals surface area contributed by atoms with E-state index in [9.17, 15) is 4.79 Å². The van der Waals surface area contributed by atoms with Crippen LogP contribution in [0.5, 0.6) is 0 Å². The van der Waals surface area contributed by atoms with Crippen molar-refractivity contribution in [3.8, 4) is 6.07 Å². The molecular formula is C14H17N3O. The molecular weight excluding hydrogens is 226 g/mol. The number of amides is 1. The molecule has 0 aromatic heterocycles. The number of nitriles is 1. The summed E-state index contributed by atoms with van der Waals surface area (Å²) in [6.45, 7) is 5.33. The SMILES string of the molecule is CN1CCN(c2cccc(C#N)c2)C(C)(C)C1=O. The van der Waals surface area contributed by atoms with Gasteiger partial charge in [-0.1, -0.05) is 6.07 Å². The zero-order valence-electron chi connectivity index (χ0n) is 11.0. The van der Waals surface area contributed by atoms with Crippen molar-refractivity contribution >= 4 is 11.6 Å². The molecule has 18 heavy (non-hydrogen) atoms. The van der Waals surface area contributed by atoms with Crippen LogP contribution in [0.25, 0.3) is 0 Å². The maximum Gasteiger partial charge on any atom is 0.247 e. The van der Waals surface area contributed by atoms with E-state index in [0.29, 0.717) is 12.1 Å². The lowest BCUT2D eigenvalue weighted by Gasteiger charge is -2.46. The van der Waals surface area contributed by atoms with E-state index in [1.165, 1.54) is 0 Å². The van der Waals surface area contributed by atoms with Crippen LogP contribution in [0, 0.1) is 11.3 Å². The first-order valence-corrected chi connectivity index (χ1v) is 6.00. The van der Waals surface area contributed by atoms with Crippen LogP contribution in [-0.2, 0) is 4.79 Å². The zero-order chi connectivity index (χ0) is 13.3. The second kappa shape index (κ2) is 4.34. The Morgan fingerprint density at radius 3 is 2.72 bits per heavy atom. The third kappa shape index (κ3) is 1.92. The minimum atomic E-state index is -0.568. The van der Waals surface area contributed by atoms with E-state index in [-0.39, 0.29) is 5.91 Å². The van der Waals surface area contributed by atoms with Crippen LogP contribution in [0.2, 0.25) is 0 Å². The normalized spacial score (nSPS) is 18.7. The number of piperazine rings is 1. The van der Waals surface area contributed by atoms with E-state index >= 15 is 0 Å². The van der Waals surface area contributed by atoms with Crippen LogP contribution in [-0.4, -0.2) is 36.5 Å². The predicted octanol–water partition coefficient (Wildman–Crippen LogP) is 1.62. The Kier molecular flexibility index (Phi) is 3.00. The molecule has 0 unspecified atom stereocenters. The number of likely N-dealkylation sites (N-methyl/N-ethyl adjacent to an activating group) is 1. The minimum Gasteiger partial charge on any atom is -0.356 e. The number of hydrogen-bond donors (Lipinski definition) is 0. The Labute approximate surface area is 107 Å². The van der Waals surface area contributed by atoms with Crippen LogP contribution in [0.4, 0.5) is 5.69 Å². The van der Waals surface area contributed by atoms with Gasteiger partial charge < -0.3 is 9.80 Å². The van der Waals surface area contributed by atoms with Gasteiger partial charge in [0.1, 0.15) is 5.54 Å². The molecule has 4 heteroatoms. The lowest BCUT2D eigenvalue weighted by Crippen LogP contribution is -2.62. The highest BCUT2D eigenvalue weighted by Gasteiger charge is 2.40. The summed E-state index contributed by atoms with van der Waals surface area (Å²) in [7, 11) is 1.83. The highest BCUT2D eigenvalue weighted by atomic mass is 16.2. The molecule has 0 atom stereocenters. The lowest BCUT2D eigenvalue weighted by atomic mass is 9.96. The van der Waals surface area contributed by atoms with Gasteiger partial charge in [0.25, 0.3) is 0 Å². The Balaban J connectivity index is 2.38. The van der Waals surface area contributed by atoms with E-state index in [4.69, 9.17) is 5.26 Å². The monoisotopic (exact) mass is 243 g/mol. The molecule has 1 aliphatic rings. The van der Waals surface area contributed by atoms with Crippen LogP contribution in [0.3, 0.4) is 0 Å². The van der Waals surface area contributed by atoms with Crippen LogP contribution in [0.1, 0.15) is 19.4 Å². The summed E-state index contributed by atoms with van der Waals surface area (Å²) in [5.74, 6) is 0.108. The van der Waals surface area contributed by atoms with Gasteiger partial charge in [0.05, 0.1) is 11.6 Å². The maximum absolute atomic E-state index is 12.2. The van der Waals surface area contributed by atoms with Crippen LogP contribution >= 0.6 is 0 Å². The summed E-state index contributed by atoms with van der Waals surface area (Å²) < 4.78 is 0. The molecule has 0 aliphatic carbocycles. The fraction of sp³-hybridized carbons (Fsp3) is 0.429. The number of hydrogen-bond acceptors (Lipinski definition) is 3. The third-order valence-corrected chi connectivity index (χ3v) is 3.49. The average molecular weight is 243 g/mol. The molecule has 1 amide bonds. The summed E-state index contributed by atoms with van der Waals surface area (Å²) in [4.78, 5) is 16.0. The highest BCUT2D eigenvalue weighted by Crippen LogP contribution is 2.28. The number of anilines is 1. The predicted molar refractivity (Wildman–Crippen MR) is 70.2 cm³/mol. The van der Waals surface area contributed by atoms with Crippen molar-refractivity contribution in [1.82, 2.24) is 4.90 Å². The molecule has 1 aromatic rings. The zero-order valence-corrected chi connectivity index (χ0v) is 11.0. The third-order valence-electron chi connectivity index (χ3n) is 3.49. The summed E-state index contributed by atoms with van der Waals surface area (Å²) >= 11 is 0. The van der Waals surface area contributed by atoms with Crippen molar-refractivity contribution in [2.45, 2.75) is 19.4 Å². The molecule has 2 rings (SSSR count). The largest absolute Gasteiger partial charge is 0.356 e. The molecule has 0 bridgehead atoms. The Hall–Kier alpha value is -2.02. The number of carbonyl (C=O) groups is 1. The number of benzene rings is 1. The van der Waals surface area contributed by atoms with Gasteiger partial charge in [-0.15, -0.1) is 0 Å². The summed E-state index contributed by atoms with van der Waals surface area (Å²) in [6, 6.07) is 9.54. The van der Waals surface area contributed by atoms with Crippen LogP contribution in [0.15, 0.2) is 24.3 Å². The summed E-state index contributed by atoms with van der Waals surface area (Å²) in [6.07, 6.45) is 0. The number of carbonyl (C=O) groups excluding carboxylic acids is 1. The molecule has 0 radical (unpaired) electrons. The van der Waals surface area contributed by atoms with Gasteiger partial charge in [0.15, 0.2) is 0 Å². The molecule has 4 nitrogen and oxygen atoms in total. The average Bonchev–Trinajstić information content (AvgIpc) is 2.36. The first-order chi connectivity index (χ1) is 8.46. The minimum absolute atomic E-state index is 0.108. The topological polar surface area (TPSA) is 47.3 Å². The second-order valence-electron chi connectivity index (χ2n) is 5.10. The fourth-order valence-electron chi connectivity index (χ4n) is 2.41. The molecule has 0 spiro atoms. The van der Waals surface area contributed by atoms with Gasteiger partial charge in [-0.3, -0.25) is 4.79 Å². The maximum atomic E-state index is 12.2. The van der Waals surface area contributed by atoms with E-state index in [0.717, 1.165) is 12.2 Å². The summed E-state index contributed by atoms with van der Waals surface area (Å²) in [5, 5.41) is 8.94. The van der Waals surface area contributed by atoms with Crippen molar-refractivity contribution in [1.29, 1.82) is 5.26 Å².